The van der Waals surface area contributed by atoms with E-state index >= 15 is 0 Å². The molecule has 6 heteroatoms. The average Bonchev–Trinajstić information content (AvgIpc) is 2.92. The molecule has 0 saturated carbocycles. The Kier molecular flexibility index (Phi) is 9.14. The standard InChI is InChI=1S/C30H34N2O4/c33-27-14-12-23(22-28(27)34)13-15-29(35)31-18-7-19-32-20-16-26(17-21-32)36-30(24-8-3-1-4-9-24)25-10-5-2-6-11-25/h1-6,8-15,22,26,30,33-34H,7,16-21H2,(H,31,35)/b15-13+. The molecule has 188 valence electrons. The molecule has 3 aromatic rings. The maximum absolute atomic E-state index is 12.1. The molecule has 1 aliphatic heterocycles. The number of nitrogens with one attached hydrogen (secondary N) is 1. The highest BCUT2D eigenvalue weighted by atomic mass is 16.5. The van der Waals surface area contributed by atoms with Gasteiger partial charge in [0.1, 0.15) is 6.10 Å². The van der Waals surface area contributed by atoms with Crippen molar-refractivity contribution >= 4 is 12.0 Å². The zero-order chi connectivity index (χ0) is 25.2. The van der Waals surface area contributed by atoms with Gasteiger partial charge in [-0.3, -0.25) is 4.79 Å². The van der Waals surface area contributed by atoms with Crippen LogP contribution < -0.4 is 5.32 Å². The third kappa shape index (κ3) is 7.44. The molecule has 1 fully saturated rings. The summed E-state index contributed by atoms with van der Waals surface area (Å²) in [6.45, 7) is 3.51. The molecule has 1 saturated heterocycles. The van der Waals surface area contributed by atoms with Crippen molar-refractivity contribution in [2.75, 3.05) is 26.2 Å². The first kappa shape index (κ1) is 25.5. The van der Waals surface area contributed by atoms with E-state index in [4.69, 9.17) is 4.74 Å². The van der Waals surface area contributed by atoms with E-state index < -0.39 is 0 Å². The number of carbonyl (C=O) groups excluding carboxylic acids is 1. The Morgan fingerprint density at radius 3 is 2.19 bits per heavy atom. The Morgan fingerprint density at radius 2 is 1.58 bits per heavy atom. The number of amides is 1. The van der Waals surface area contributed by atoms with E-state index in [1.165, 1.54) is 29.3 Å². The van der Waals surface area contributed by atoms with Gasteiger partial charge in [0.25, 0.3) is 0 Å². The number of benzene rings is 3. The van der Waals surface area contributed by atoms with Gasteiger partial charge >= 0.3 is 0 Å². The molecule has 0 unspecified atom stereocenters. The number of likely N-dealkylation sites (tertiary alicyclic amines) is 1. The number of hydrogen-bond acceptors (Lipinski definition) is 5. The molecular formula is C30H34N2O4. The molecular weight excluding hydrogens is 452 g/mol. The predicted octanol–water partition coefficient (Wildman–Crippen LogP) is 4.89. The van der Waals surface area contributed by atoms with Gasteiger partial charge in [-0.25, -0.2) is 0 Å². The van der Waals surface area contributed by atoms with Crippen LogP contribution in [0.3, 0.4) is 0 Å². The lowest BCUT2D eigenvalue weighted by atomic mass is 10.00. The lowest BCUT2D eigenvalue weighted by molar-refractivity contribution is -0.116. The quantitative estimate of drug-likeness (QED) is 0.216. The molecule has 3 N–H and O–H groups in total. The summed E-state index contributed by atoms with van der Waals surface area (Å²) in [6.07, 6.45) is 6.06. The molecule has 3 aromatic carbocycles. The Morgan fingerprint density at radius 1 is 0.944 bits per heavy atom. The summed E-state index contributed by atoms with van der Waals surface area (Å²) in [5.41, 5.74) is 3.00. The largest absolute Gasteiger partial charge is 0.504 e. The molecule has 0 radical (unpaired) electrons. The van der Waals surface area contributed by atoms with Gasteiger partial charge in [-0.15, -0.1) is 0 Å². The minimum Gasteiger partial charge on any atom is -0.504 e. The summed E-state index contributed by atoms with van der Waals surface area (Å²) in [5, 5.41) is 21.8. The van der Waals surface area contributed by atoms with E-state index in [0.717, 1.165) is 38.9 Å². The topological polar surface area (TPSA) is 82.0 Å². The number of phenolic OH excluding ortho intramolecular Hbond substituents is 2. The first-order valence-electron chi connectivity index (χ1n) is 12.5. The van der Waals surface area contributed by atoms with Gasteiger partial charge in [-0.1, -0.05) is 66.7 Å². The zero-order valence-electron chi connectivity index (χ0n) is 20.4. The van der Waals surface area contributed by atoms with Gasteiger partial charge in [0.2, 0.25) is 5.91 Å². The van der Waals surface area contributed by atoms with Crippen molar-refractivity contribution in [2.45, 2.75) is 31.5 Å². The predicted molar refractivity (Wildman–Crippen MR) is 142 cm³/mol. The maximum atomic E-state index is 12.1. The number of rotatable bonds is 10. The smallest absolute Gasteiger partial charge is 0.243 e. The fourth-order valence-corrected chi connectivity index (χ4v) is 4.46. The molecule has 1 amide bonds. The fourth-order valence-electron chi connectivity index (χ4n) is 4.46. The highest BCUT2D eigenvalue weighted by Crippen LogP contribution is 2.30. The van der Waals surface area contributed by atoms with Crippen LogP contribution in [-0.2, 0) is 9.53 Å². The minimum absolute atomic E-state index is 0.0576. The number of hydrogen-bond donors (Lipinski definition) is 3. The van der Waals surface area contributed by atoms with Crippen LogP contribution in [0.15, 0.2) is 84.9 Å². The van der Waals surface area contributed by atoms with Gasteiger partial charge in [-0.2, -0.15) is 0 Å². The van der Waals surface area contributed by atoms with E-state index in [1.54, 1.807) is 12.1 Å². The zero-order valence-corrected chi connectivity index (χ0v) is 20.4. The minimum atomic E-state index is -0.206. The average molecular weight is 487 g/mol. The van der Waals surface area contributed by atoms with Gasteiger partial charge in [0.15, 0.2) is 11.5 Å². The summed E-state index contributed by atoms with van der Waals surface area (Å²) < 4.78 is 6.63. The molecule has 1 heterocycles. The van der Waals surface area contributed by atoms with Crippen LogP contribution in [0.25, 0.3) is 6.08 Å². The Balaban J connectivity index is 1.18. The van der Waals surface area contributed by atoms with Crippen molar-refractivity contribution in [2.24, 2.45) is 0 Å². The number of ether oxygens (including phenoxy) is 1. The van der Waals surface area contributed by atoms with Crippen LogP contribution in [0.4, 0.5) is 0 Å². The van der Waals surface area contributed by atoms with Crippen molar-refractivity contribution in [1.82, 2.24) is 10.2 Å². The maximum Gasteiger partial charge on any atom is 0.243 e. The van der Waals surface area contributed by atoms with Gasteiger partial charge in [0, 0.05) is 25.7 Å². The summed E-state index contributed by atoms with van der Waals surface area (Å²) in [7, 11) is 0. The third-order valence-electron chi connectivity index (χ3n) is 6.44. The van der Waals surface area contributed by atoms with Crippen molar-refractivity contribution in [3.05, 3.63) is 102 Å². The lowest BCUT2D eigenvalue weighted by Gasteiger charge is -2.34. The van der Waals surface area contributed by atoms with Gasteiger partial charge in [0.05, 0.1) is 6.10 Å². The molecule has 36 heavy (non-hydrogen) atoms. The summed E-state index contributed by atoms with van der Waals surface area (Å²) >= 11 is 0. The fraction of sp³-hybridized carbons (Fsp3) is 0.300. The number of carbonyl (C=O) groups is 1. The molecule has 0 aromatic heterocycles. The van der Waals surface area contributed by atoms with Gasteiger partial charge in [-0.05, 0) is 60.7 Å². The molecule has 4 rings (SSSR count). The first-order valence-corrected chi connectivity index (χ1v) is 12.5. The molecule has 6 nitrogen and oxygen atoms in total. The Hall–Kier alpha value is -3.61. The van der Waals surface area contributed by atoms with E-state index in [1.807, 2.05) is 12.1 Å². The second-order valence-corrected chi connectivity index (χ2v) is 9.10. The molecule has 0 aliphatic carbocycles. The summed E-state index contributed by atoms with van der Waals surface area (Å²) in [5.74, 6) is -0.565. The number of aromatic hydroxyl groups is 2. The van der Waals surface area contributed by atoms with E-state index in [9.17, 15) is 15.0 Å². The van der Waals surface area contributed by atoms with Crippen LogP contribution in [0.5, 0.6) is 11.5 Å². The first-order chi connectivity index (χ1) is 17.6. The summed E-state index contributed by atoms with van der Waals surface area (Å²) in [4.78, 5) is 14.5. The number of piperidine rings is 1. The van der Waals surface area contributed by atoms with Crippen molar-refractivity contribution < 1.29 is 19.7 Å². The molecule has 0 bridgehead atoms. The van der Waals surface area contributed by atoms with E-state index in [2.05, 4.69) is 58.7 Å². The van der Waals surface area contributed by atoms with E-state index in [0.29, 0.717) is 12.1 Å². The number of phenols is 2. The molecule has 1 aliphatic rings. The Bertz CT molecular complexity index is 1090. The Labute approximate surface area is 212 Å². The van der Waals surface area contributed by atoms with Crippen molar-refractivity contribution in [3.63, 3.8) is 0 Å². The highest BCUT2D eigenvalue weighted by Gasteiger charge is 2.24. The summed E-state index contributed by atoms with van der Waals surface area (Å²) in [6, 6.07) is 25.3. The molecule has 0 atom stereocenters. The van der Waals surface area contributed by atoms with Crippen LogP contribution in [0.1, 0.15) is 42.1 Å². The highest BCUT2D eigenvalue weighted by molar-refractivity contribution is 5.91. The SMILES string of the molecule is O=C(/C=C/c1ccc(O)c(O)c1)NCCCN1CCC(OC(c2ccccc2)c2ccccc2)CC1. The second kappa shape index (κ2) is 12.9. The normalized spacial score (nSPS) is 14.9. The van der Waals surface area contributed by atoms with Gasteiger partial charge < -0.3 is 25.2 Å². The van der Waals surface area contributed by atoms with Crippen LogP contribution in [0.2, 0.25) is 0 Å². The van der Waals surface area contributed by atoms with Crippen LogP contribution in [-0.4, -0.2) is 53.3 Å². The second-order valence-electron chi connectivity index (χ2n) is 9.10. The van der Waals surface area contributed by atoms with Crippen LogP contribution in [0, 0.1) is 0 Å². The monoisotopic (exact) mass is 486 g/mol. The van der Waals surface area contributed by atoms with E-state index in [-0.39, 0.29) is 29.6 Å². The van der Waals surface area contributed by atoms with Crippen LogP contribution >= 0.6 is 0 Å². The van der Waals surface area contributed by atoms with Crippen molar-refractivity contribution in [3.8, 4) is 11.5 Å². The molecule has 0 spiro atoms. The lowest BCUT2D eigenvalue weighted by Crippen LogP contribution is -2.39. The third-order valence-corrected chi connectivity index (χ3v) is 6.44. The number of nitrogens with zero attached hydrogens (tertiary/aromatic N) is 1. The van der Waals surface area contributed by atoms with Crippen molar-refractivity contribution in [1.29, 1.82) is 0 Å².